The first-order valence-electron chi connectivity index (χ1n) is 38.0. The number of carbonyl (C=O) groups excluding carboxylic acids is 4. The van der Waals surface area contributed by atoms with E-state index in [0.29, 0.717) is 25.7 Å². The number of aliphatic hydroxyl groups is 1. The fraction of sp³-hybridized carbons (Fsp3) is 0.945. The fourth-order valence-corrected chi connectivity index (χ4v) is 12.7. The van der Waals surface area contributed by atoms with Crippen LogP contribution in [0.2, 0.25) is 0 Å². The van der Waals surface area contributed by atoms with Gasteiger partial charge in [0, 0.05) is 25.7 Å². The van der Waals surface area contributed by atoms with Gasteiger partial charge in [-0.2, -0.15) is 0 Å². The molecule has 0 spiro atoms. The van der Waals surface area contributed by atoms with Crippen molar-refractivity contribution in [2.75, 3.05) is 39.6 Å². The Labute approximate surface area is 562 Å². The van der Waals surface area contributed by atoms with Crippen LogP contribution in [0.3, 0.4) is 0 Å². The Morgan fingerprint density at radius 2 is 0.500 bits per heavy atom. The number of ether oxygens (including phenoxy) is 4. The van der Waals surface area contributed by atoms with E-state index in [1.807, 2.05) is 0 Å². The first-order chi connectivity index (χ1) is 44.4. The van der Waals surface area contributed by atoms with Crippen LogP contribution in [0.4, 0.5) is 0 Å². The van der Waals surface area contributed by atoms with Crippen LogP contribution in [0.1, 0.15) is 375 Å². The number of esters is 4. The lowest BCUT2D eigenvalue weighted by molar-refractivity contribution is -0.161. The lowest BCUT2D eigenvalue weighted by Crippen LogP contribution is -2.30. The van der Waals surface area contributed by atoms with Gasteiger partial charge in [-0.15, -0.1) is 0 Å². The molecule has 0 aromatic heterocycles. The van der Waals surface area contributed by atoms with Gasteiger partial charge in [-0.1, -0.05) is 324 Å². The van der Waals surface area contributed by atoms with E-state index in [-0.39, 0.29) is 25.7 Å². The highest BCUT2D eigenvalue weighted by Crippen LogP contribution is 2.45. The summed E-state index contributed by atoms with van der Waals surface area (Å²) < 4.78 is 68.4. The molecule has 0 aliphatic carbocycles. The van der Waals surface area contributed by atoms with Crippen molar-refractivity contribution in [3.8, 4) is 0 Å². The number of rotatable bonds is 72. The highest BCUT2D eigenvalue weighted by Gasteiger charge is 2.30. The van der Waals surface area contributed by atoms with Crippen molar-refractivity contribution in [3.05, 3.63) is 0 Å². The van der Waals surface area contributed by atoms with Crippen LogP contribution in [0.15, 0.2) is 0 Å². The van der Waals surface area contributed by atoms with Crippen molar-refractivity contribution in [2.24, 2.45) is 11.8 Å². The molecule has 0 rings (SSSR count). The monoisotopic (exact) mass is 1350 g/mol. The minimum Gasteiger partial charge on any atom is -0.462 e. The summed E-state index contributed by atoms with van der Waals surface area (Å²) in [5, 5.41) is 10.6. The van der Waals surface area contributed by atoms with Crippen LogP contribution in [0.5, 0.6) is 0 Å². The summed E-state index contributed by atoms with van der Waals surface area (Å²) in [6.07, 6.45) is 51.4. The second kappa shape index (κ2) is 65.0. The standard InChI is InChI=1S/C73H142O17P2/c1-7-9-11-13-15-17-18-19-20-21-22-23-24-27-32-39-45-51-57-72(77)89-68(62-84-71(76)56-50-44-38-31-28-25-26-30-35-41-47-53-65(3)4)63-87-91(79,80)85-59-67(74)60-86-92(81,82)88-64-69(61-83-70(75)55-49-43-37-29-16-14-12-10-8-2)90-73(78)58-52-46-40-34-33-36-42-48-54-66(5)6/h65-69,74H,7-64H2,1-6H3,(H,79,80)(H,81,82)/t67-,68-,69-/m1/s1. The van der Waals surface area contributed by atoms with Crippen LogP contribution in [-0.4, -0.2) is 96.7 Å². The van der Waals surface area contributed by atoms with Gasteiger partial charge in [0.15, 0.2) is 12.2 Å². The SMILES string of the molecule is CCCCCCCCCCCCCCCCCCCCC(=O)O[C@H](COC(=O)CCCCCCCCCCCCCC(C)C)COP(=O)(O)OC[C@@H](O)COP(=O)(O)OC[C@@H](COC(=O)CCCCCCCCCCC)OC(=O)CCCCCCCCCCC(C)C. The Kier molecular flexibility index (Phi) is 63.7. The second-order valence-electron chi connectivity index (χ2n) is 27.3. The Balaban J connectivity index is 5.22. The molecule has 0 saturated carbocycles. The lowest BCUT2D eigenvalue weighted by atomic mass is 10.0. The molecule has 0 aromatic carbocycles. The molecule has 546 valence electrons. The van der Waals surface area contributed by atoms with E-state index in [2.05, 4.69) is 41.5 Å². The topological polar surface area (TPSA) is 237 Å². The number of hydrogen-bond acceptors (Lipinski definition) is 15. The number of phosphoric ester groups is 2. The maximum absolute atomic E-state index is 13.1. The number of phosphoric acid groups is 2. The number of unbranched alkanes of at least 4 members (excludes halogenated alkanes) is 42. The molecule has 0 fully saturated rings. The fourth-order valence-electron chi connectivity index (χ4n) is 11.1. The summed E-state index contributed by atoms with van der Waals surface area (Å²) in [6.45, 7) is 9.52. The van der Waals surface area contributed by atoms with E-state index in [0.717, 1.165) is 102 Å². The number of carbonyl (C=O) groups is 4. The van der Waals surface area contributed by atoms with Crippen molar-refractivity contribution < 1.29 is 80.2 Å². The first-order valence-corrected chi connectivity index (χ1v) is 41.0. The first kappa shape index (κ1) is 90.1. The van der Waals surface area contributed by atoms with Gasteiger partial charge in [-0.3, -0.25) is 37.3 Å². The largest absolute Gasteiger partial charge is 0.472 e. The molecule has 0 aliphatic heterocycles. The maximum Gasteiger partial charge on any atom is 0.472 e. The predicted molar refractivity (Wildman–Crippen MR) is 372 cm³/mol. The molecule has 0 amide bonds. The van der Waals surface area contributed by atoms with E-state index < -0.39 is 97.5 Å². The molecule has 0 radical (unpaired) electrons. The molecule has 3 N–H and O–H groups in total. The molecule has 0 bridgehead atoms. The molecule has 2 unspecified atom stereocenters. The van der Waals surface area contributed by atoms with E-state index in [1.54, 1.807) is 0 Å². The second-order valence-corrected chi connectivity index (χ2v) is 30.2. The van der Waals surface area contributed by atoms with Crippen molar-refractivity contribution in [2.45, 2.75) is 394 Å². The third-order valence-electron chi connectivity index (χ3n) is 17.0. The Bertz CT molecular complexity index is 1790. The molecule has 92 heavy (non-hydrogen) atoms. The molecular weight excluding hydrogens is 1210 g/mol. The molecular formula is C73H142O17P2. The van der Waals surface area contributed by atoms with Gasteiger partial charge < -0.3 is 33.8 Å². The third-order valence-corrected chi connectivity index (χ3v) is 18.9. The van der Waals surface area contributed by atoms with Gasteiger partial charge in [0.2, 0.25) is 0 Å². The average molecular weight is 1350 g/mol. The predicted octanol–water partition coefficient (Wildman–Crippen LogP) is 21.2. The van der Waals surface area contributed by atoms with Crippen LogP contribution in [-0.2, 0) is 65.4 Å². The van der Waals surface area contributed by atoms with Crippen LogP contribution in [0, 0.1) is 11.8 Å². The zero-order valence-corrected chi connectivity index (χ0v) is 61.6. The van der Waals surface area contributed by atoms with E-state index in [1.165, 1.54) is 193 Å². The summed E-state index contributed by atoms with van der Waals surface area (Å²) >= 11 is 0. The number of aliphatic hydroxyl groups excluding tert-OH is 1. The van der Waals surface area contributed by atoms with Crippen LogP contribution < -0.4 is 0 Å². The zero-order chi connectivity index (χ0) is 67.9. The third kappa shape index (κ3) is 66.7. The van der Waals surface area contributed by atoms with Crippen LogP contribution >= 0.6 is 15.6 Å². The van der Waals surface area contributed by atoms with Gasteiger partial charge >= 0.3 is 39.5 Å². The summed E-state index contributed by atoms with van der Waals surface area (Å²) in [4.78, 5) is 72.6. The molecule has 0 aromatic rings. The molecule has 19 heteroatoms. The number of hydrogen-bond donors (Lipinski definition) is 3. The van der Waals surface area contributed by atoms with E-state index in [9.17, 15) is 43.2 Å². The molecule has 0 saturated heterocycles. The highest BCUT2D eigenvalue weighted by atomic mass is 31.2. The summed E-state index contributed by atoms with van der Waals surface area (Å²) in [7, 11) is -9.90. The summed E-state index contributed by atoms with van der Waals surface area (Å²) in [5.41, 5.74) is 0. The van der Waals surface area contributed by atoms with Gasteiger partial charge in [0.05, 0.1) is 26.4 Å². The molecule has 0 heterocycles. The smallest absolute Gasteiger partial charge is 0.462 e. The van der Waals surface area contributed by atoms with Crippen LogP contribution in [0.25, 0.3) is 0 Å². The quantitative estimate of drug-likeness (QED) is 0.0222. The minimum atomic E-state index is -4.95. The molecule has 0 aliphatic rings. The summed E-state index contributed by atoms with van der Waals surface area (Å²) in [6, 6.07) is 0. The normalized spacial score (nSPS) is 14.1. The minimum absolute atomic E-state index is 0.105. The van der Waals surface area contributed by atoms with Gasteiger partial charge in [0.25, 0.3) is 0 Å². The van der Waals surface area contributed by atoms with Gasteiger partial charge in [0.1, 0.15) is 19.3 Å². The van der Waals surface area contributed by atoms with Crippen molar-refractivity contribution >= 4 is 39.5 Å². The van der Waals surface area contributed by atoms with E-state index >= 15 is 0 Å². The Morgan fingerprint density at radius 1 is 0.293 bits per heavy atom. The van der Waals surface area contributed by atoms with Crippen molar-refractivity contribution in [3.63, 3.8) is 0 Å². The molecule has 17 nitrogen and oxygen atoms in total. The average Bonchev–Trinajstić information content (AvgIpc) is 3.10. The van der Waals surface area contributed by atoms with Crippen molar-refractivity contribution in [1.82, 2.24) is 0 Å². The lowest BCUT2D eigenvalue weighted by Gasteiger charge is -2.21. The summed E-state index contributed by atoms with van der Waals surface area (Å²) in [5.74, 6) is -0.633. The van der Waals surface area contributed by atoms with Gasteiger partial charge in [-0.25, -0.2) is 9.13 Å². The highest BCUT2D eigenvalue weighted by molar-refractivity contribution is 7.47. The zero-order valence-electron chi connectivity index (χ0n) is 59.9. The maximum atomic E-state index is 13.1. The van der Waals surface area contributed by atoms with Gasteiger partial charge in [-0.05, 0) is 37.5 Å². The Morgan fingerprint density at radius 3 is 0.739 bits per heavy atom. The van der Waals surface area contributed by atoms with E-state index in [4.69, 9.17) is 37.0 Å². The van der Waals surface area contributed by atoms with Crippen molar-refractivity contribution in [1.29, 1.82) is 0 Å². The Hall–Kier alpha value is -1.94. The molecule has 5 atom stereocenters.